The molecule has 1 aliphatic carbocycles. The highest BCUT2D eigenvalue weighted by molar-refractivity contribution is 7.99. The van der Waals surface area contributed by atoms with E-state index in [9.17, 15) is 13.5 Å². The molecule has 1 fully saturated rings. The Bertz CT molecular complexity index is 1180. The minimum absolute atomic E-state index is 0.224. The van der Waals surface area contributed by atoms with Gasteiger partial charge in [0.15, 0.2) is 0 Å². The number of fused-ring (bicyclic) bond motifs is 2. The number of hydrogen-bond acceptors (Lipinski definition) is 5. The predicted molar refractivity (Wildman–Crippen MR) is 128 cm³/mol. The van der Waals surface area contributed by atoms with E-state index < -0.39 is 22.2 Å². The van der Waals surface area contributed by atoms with Gasteiger partial charge < -0.3 is 10.0 Å². The Morgan fingerprint density at radius 2 is 1.50 bits per heavy atom. The number of rotatable bonds is 4. The second kappa shape index (κ2) is 8.56. The summed E-state index contributed by atoms with van der Waals surface area (Å²) in [6, 6.07) is 22.4. The zero-order valence-electron chi connectivity index (χ0n) is 17.8. The molecule has 1 saturated carbocycles. The van der Waals surface area contributed by atoms with Crippen LogP contribution in [0.3, 0.4) is 0 Å². The summed E-state index contributed by atoms with van der Waals surface area (Å²) in [7, 11) is -3.72. The Kier molecular flexibility index (Phi) is 5.75. The van der Waals surface area contributed by atoms with Gasteiger partial charge in [0.05, 0.1) is 34.5 Å². The number of aryl methyl sites for hydroxylation is 1. The average Bonchev–Trinajstić information content (AvgIpc) is 2.79. The summed E-state index contributed by atoms with van der Waals surface area (Å²) in [5, 5.41) is 11.4. The quantitative estimate of drug-likeness (QED) is 0.575. The van der Waals surface area contributed by atoms with Crippen LogP contribution in [0.5, 0.6) is 0 Å². The first-order chi connectivity index (χ1) is 15.4. The molecule has 0 aromatic heterocycles. The molecule has 1 heterocycles. The fraction of sp³-hybridized carbons (Fsp3) is 0.280. The van der Waals surface area contributed by atoms with E-state index in [1.54, 1.807) is 36.0 Å². The number of aliphatic hydroxyl groups is 1. The number of anilines is 2. The van der Waals surface area contributed by atoms with Crippen LogP contribution in [0.2, 0.25) is 0 Å². The molecule has 5 nitrogen and oxygen atoms in total. The van der Waals surface area contributed by atoms with Gasteiger partial charge in [-0.25, -0.2) is 13.1 Å². The summed E-state index contributed by atoms with van der Waals surface area (Å²) < 4.78 is 28.8. The van der Waals surface area contributed by atoms with Crippen molar-refractivity contribution in [1.82, 2.24) is 4.72 Å². The minimum Gasteiger partial charge on any atom is -0.389 e. The molecule has 3 aromatic rings. The zero-order valence-corrected chi connectivity index (χ0v) is 19.4. The van der Waals surface area contributed by atoms with Crippen LogP contribution in [0, 0.1) is 6.92 Å². The monoisotopic (exact) mass is 466 g/mol. The summed E-state index contributed by atoms with van der Waals surface area (Å²) in [6.07, 6.45) is 1.39. The van der Waals surface area contributed by atoms with Crippen molar-refractivity contribution in [3.8, 4) is 0 Å². The molecule has 1 unspecified atom stereocenters. The van der Waals surface area contributed by atoms with E-state index in [1.165, 1.54) is 0 Å². The molecule has 32 heavy (non-hydrogen) atoms. The van der Waals surface area contributed by atoms with Crippen LogP contribution in [-0.2, 0) is 10.0 Å². The lowest BCUT2D eigenvalue weighted by Gasteiger charge is -2.45. The number of benzene rings is 3. The van der Waals surface area contributed by atoms with Gasteiger partial charge in [-0.1, -0.05) is 53.7 Å². The largest absolute Gasteiger partial charge is 0.389 e. The molecule has 0 spiro atoms. The van der Waals surface area contributed by atoms with Crippen molar-refractivity contribution in [3.63, 3.8) is 0 Å². The second-order valence-corrected chi connectivity index (χ2v) is 11.2. The molecule has 2 N–H and O–H groups in total. The van der Waals surface area contributed by atoms with Gasteiger partial charge in [0.1, 0.15) is 0 Å². The average molecular weight is 467 g/mol. The third kappa shape index (κ3) is 3.94. The Morgan fingerprint density at radius 3 is 2.12 bits per heavy atom. The van der Waals surface area contributed by atoms with Crippen molar-refractivity contribution in [2.75, 3.05) is 4.90 Å². The standard InChI is InChI=1S/C25H26N2O3S2/c1-17-13-15-18(16-14-17)32(29,30)26-19-7-6-10-22(25(19)28)27-20-8-2-4-11-23(20)31-24-12-5-3-9-21(24)27/h2-5,8-9,11-16,19,22,25-26,28H,6-7,10H2,1H3/t19-,22?,25+/m1/s1. The third-order valence-electron chi connectivity index (χ3n) is 6.26. The summed E-state index contributed by atoms with van der Waals surface area (Å²) in [5.41, 5.74) is 3.12. The maximum atomic E-state index is 13.0. The molecular formula is C25H26N2O3S2. The van der Waals surface area contributed by atoms with Crippen LogP contribution in [-0.4, -0.2) is 31.7 Å². The number of nitrogens with zero attached hydrogens (tertiary/aromatic N) is 1. The molecule has 0 radical (unpaired) electrons. The van der Waals surface area contributed by atoms with E-state index in [4.69, 9.17) is 0 Å². The van der Waals surface area contributed by atoms with Crippen molar-refractivity contribution in [2.45, 2.75) is 59.1 Å². The van der Waals surface area contributed by atoms with Crippen LogP contribution in [0.1, 0.15) is 24.8 Å². The number of hydrogen-bond donors (Lipinski definition) is 2. The highest BCUT2D eigenvalue weighted by Gasteiger charge is 2.40. The first-order valence-corrected chi connectivity index (χ1v) is 13.2. The Balaban J connectivity index is 1.46. The predicted octanol–water partition coefficient (Wildman–Crippen LogP) is 4.86. The van der Waals surface area contributed by atoms with Crippen LogP contribution in [0.25, 0.3) is 0 Å². The van der Waals surface area contributed by atoms with E-state index >= 15 is 0 Å². The second-order valence-electron chi connectivity index (χ2n) is 8.44. The van der Waals surface area contributed by atoms with Crippen LogP contribution in [0.15, 0.2) is 87.5 Å². The molecule has 0 saturated heterocycles. The molecule has 0 bridgehead atoms. The normalized spacial score (nSPS) is 22.8. The van der Waals surface area contributed by atoms with Gasteiger partial charge in [0.25, 0.3) is 0 Å². The highest BCUT2D eigenvalue weighted by atomic mass is 32.2. The first kappa shape index (κ1) is 21.5. The van der Waals surface area contributed by atoms with Gasteiger partial charge in [-0.15, -0.1) is 0 Å². The lowest BCUT2D eigenvalue weighted by Crippen LogP contribution is -2.56. The minimum atomic E-state index is -3.72. The molecule has 166 valence electrons. The molecule has 1 aliphatic heterocycles. The van der Waals surface area contributed by atoms with E-state index in [2.05, 4.69) is 33.9 Å². The van der Waals surface area contributed by atoms with E-state index in [-0.39, 0.29) is 10.9 Å². The fourth-order valence-electron chi connectivity index (χ4n) is 4.64. The molecule has 0 amide bonds. The van der Waals surface area contributed by atoms with Crippen LogP contribution in [0.4, 0.5) is 11.4 Å². The van der Waals surface area contributed by atoms with Gasteiger partial charge in [0.2, 0.25) is 10.0 Å². The van der Waals surface area contributed by atoms with Crippen molar-refractivity contribution in [2.24, 2.45) is 0 Å². The van der Waals surface area contributed by atoms with Crippen molar-refractivity contribution >= 4 is 33.2 Å². The third-order valence-corrected chi connectivity index (χ3v) is 8.90. The van der Waals surface area contributed by atoms with Gasteiger partial charge in [0, 0.05) is 9.79 Å². The number of para-hydroxylation sites is 2. The smallest absolute Gasteiger partial charge is 0.240 e. The van der Waals surface area contributed by atoms with Gasteiger partial charge >= 0.3 is 0 Å². The number of sulfonamides is 1. The SMILES string of the molecule is Cc1ccc(S(=O)(=O)N[C@@H]2CCCC(N3c4ccccc4Sc4ccccc43)[C@H]2O)cc1. The van der Waals surface area contributed by atoms with E-state index in [0.29, 0.717) is 6.42 Å². The zero-order chi connectivity index (χ0) is 22.3. The van der Waals surface area contributed by atoms with E-state index in [0.717, 1.165) is 39.6 Å². The molecule has 3 aromatic carbocycles. The van der Waals surface area contributed by atoms with Gasteiger partial charge in [-0.05, 0) is 62.6 Å². The van der Waals surface area contributed by atoms with Gasteiger partial charge in [-0.3, -0.25) is 0 Å². The Labute approximate surface area is 193 Å². The molecular weight excluding hydrogens is 440 g/mol. The number of nitrogens with one attached hydrogen (secondary N) is 1. The maximum absolute atomic E-state index is 13.0. The lowest BCUT2D eigenvalue weighted by molar-refractivity contribution is 0.0809. The summed E-state index contributed by atoms with van der Waals surface area (Å²) >= 11 is 1.73. The van der Waals surface area contributed by atoms with Crippen molar-refractivity contribution < 1.29 is 13.5 Å². The number of aliphatic hydroxyl groups excluding tert-OH is 1. The lowest BCUT2D eigenvalue weighted by atomic mass is 9.87. The van der Waals surface area contributed by atoms with Crippen molar-refractivity contribution in [1.29, 1.82) is 0 Å². The Morgan fingerprint density at radius 1 is 0.906 bits per heavy atom. The van der Waals surface area contributed by atoms with Gasteiger partial charge in [-0.2, -0.15) is 0 Å². The Hall–Kier alpha value is -2.32. The summed E-state index contributed by atoms with van der Waals surface area (Å²) in [6.45, 7) is 1.92. The van der Waals surface area contributed by atoms with E-state index in [1.807, 2.05) is 31.2 Å². The molecule has 5 rings (SSSR count). The maximum Gasteiger partial charge on any atom is 0.240 e. The molecule has 2 aliphatic rings. The van der Waals surface area contributed by atoms with Crippen LogP contribution < -0.4 is 9.62 Å². The van der Waals surface area contributed by atoms with Crippen molar-refractivity contribution in [3.05, 3.63) is 78.4 Å². The fourth-order valence-corrected chi connectivity index (χ4v) is 7.00. The summed E-state index contributed by atoms with van der Waals surface area (Å²) in [4.78, 5) is 4.71. The molecule has 7 heteroatoms. The topological polar surface area (TPSA) is 69.6 Å². The van der Waals surface area contributed by atoms with Crippen LogP contribution >= 0.6 is 11.8 Å². The molecule has 3 atom stereocenters. The highest BCUT2D eigenvalue weighted by Crippen LogP contribution is 2.50. The summed E-state index contributed by atoms with van der Waals surface area (Å²) in [5.74, 6) is 0. The first-order valence-electron chi connectivity index (χ1n) is 10.9.